The van der Waals surface area contributed by atoms with Crippen molar-refractivity contribution in [3.8, 4) is 5.75 Å². The Morgan fingerprint density at radius 1 is 1.20 bits per heavy atom. The van der Waals surface area contributed by atoms with E-state index in [4.69, 9.17) is 4.74 Å². The molecule has 0 saturated carbocycles. The van der Waals surface area contributed by atoms with Crippen molar-refractivity contribution in [3.05, 3.63) is 53.8 Å². The molecule has 0 saturated heterocycles. The van der Waals surface area contributed by atoms with Crippen molar-refractivity contribution in [1.82, 2.24) is 0 Å². The second-order valence-electron chi connectivity index (χ2n) is 4.20. The molecule has 0 amide bonds. The summed E-state index contributed by atoms with van der Waals surface area (Å²) in [5.74, 6) is -1.16. The monoisotopic (exact) mass is 275 g/mol. The lowest BCUT2D eigenvalue weighted by Gasteiger charge is -2.23. The Morgan fingerprint density at radius 2 is 1.90 bits per heavy atom. The Morgan fingerprint density at radius 3 is 2.55 bits per heavy atom. The van der Waals surface area contributed by atoms with Crippen molar-refractivity contribution < 1.29 is 19.0 Å². The second kappa shape index (κ2) is 5.61. The van der Waals surface area contributed by atoms with Gasteiger partial charge in [-0.15, -0.1) is 0 Å². The van der Waals surface area contributed by atoms with Gasteiger partial charge < -0.3 is 14.7 Å². The van der Waals surface area contributed by atoms with Crippen LogP contribution in [0.15, 0.2) is 42.5 Å². The van der Waals surface area contributed by atoms with Crippen molar-refractivity contribution in [2.45, 2.75) is 0 Å². The van der Waals surface area contributed by atoms with Gasteiger partial charge in [-0.25, -0.2) is 9.18 Å². The van der Waals surface area contributed by atoms with Crippen LogP contribution in [0, 0.1) is 5.82 Å². The van der Waals surface area contributed by atoms with Gasteiger partial charge in [0.25, 0.3) is 0 Å². The van der Waals surface area contributed by atoms with E-state index in [9.17, 15) is 14.3 Å². The molecule has 2 aromatic carbocycles. The molecule has 0 aliphatic rings. The maximum Gasteiger partial charge on any atom is 0.337 e. The van der Waals surface area contributed by atoms with Crippen molar-refractivity contribution in [2.75, 3.05) is 19.1 Å². The van der Waals surface area contributed by atoms with E-state index in [1.54, 1.807) is 24.1 Å². The molecule has 0 spiro atoms. The van der Waals surface area contributed by atoms with E-state index in [1.807, 2.05) is 12.1 Å². The van der Waals surface area contributed by atoms with Gasteiger partial charge >= 0.3 is 5.97 Å². The van der Waals surface area contributed by atoms with Gasteiger partial charge in [-0.1, -0.05) is 12.1 Å². The van der Waals surface area contributed by atoms with Gasteiger partial charge in [-0.2, -0.15) is 0 Å². The first kappa shape index (κ1) is 13.9. The number of carboxylic acid groups (broad SMARTS) is 1. The van der Waals surface area contributed by atoms with Crippen LogP contribution in [0.25, 0.3) is 0 Å². The number of anilines is 2. The third-order valence-electron chi connectivity index (χ3n) is 3.00. The molecule has 0 bridgehead atoms. The maximum atomic E-state index is 13.2. The molecule has 0 fully saturated rings. The molecule has 4 nitrogen and oxygen atoms in total. The van der Waals surface area contributed by atoms with Crippen molar-refractivity contribution in [2.24, 2.45) is 0 Å². The van der Waals surface area contributed by atoms with Gasteiger partial charge in [0.1, 0.15) is 11.6 Å². The number of carbonyl (C=O) groups is 1. The van der Waals surface area contributed by atoms with Crippen LogP contribution >= 0.6 is 0 Å². The Balaban J connectivity index is 2.53. The first-order valence-corrected chi connectivity index (χ1v) is 5.94. The summed E-state index contributed by atoms with van der Waals surface area (Å²) in [4.78, 5) is 12.9. The van der Waals surface area contributed by atoms with Crippen LogP contribution in [0.3, 0.4) is 0 Å². The number of hydrogen-bond donors (Lipinski definition) is 1. The van der Waals surface area contributed by atoms with Crippen LogP contribution in [0.4, 0.5) is 15.8 Å². The number of halogens is 1. The third kappa shape index (κ3) is 2.56. The largest absolute Gasteiger partial charge is 0.495 e. The van der Waals surface area contributed by atoms with E-state index in [1.165, 1.54) is 19.2 Å². The Labute approximate surface area is 116 Å². The minimum absolute atomic E-state index is 0.0987. The summed E-state index contributed by atoms with van der Waals surface area (Å²) < 4.78 is 18.5. The zero-order valence-corrected chi connectivity index (χ0v) is 11.1. The summed E-state index contributed by atoms with van der Waals surface area (Å²) in [5, 5.41) is 9.19. The summed E-state index contributed by atoms with van der Waals surface area (Å²) in [6.45, 7) is 0. The van der Waals surface area contributed by atoms with Gasteiger partial charge in [0.05, 0.1) is 24.0 Å². The minimum Gasteiger partial charge on any atom is -0.495 e. The number of nitrogens with zero attached hydrogens (tertiary/aromatic N) is 1. The second-order valence-corrected chi connectivity index (χ2v) is 4.20. The molecule has 2 aromatic rings. The lowest BCUT2D eigenvalue weighted by Crippen LogP contribution is -2.15. The highest BCUT2D eigenvalue weighted by atomic mass is 19.1. The van der Waals surface area contributed by atoms with Gasteiger partial charge in [0, 0.05) is 7.05 Å². The molecule has 5 heteroatoms. The van der Waals surface area contributed by atoms with Crippen LogP contribution in [-0.2, 0) is 0 Å². The number of para-hydroxylation sites is 2. The number of aromatic carboxylic acids is 1. The van der Waals surface area contributed by atoms with Crippen LogP contribution < -0.4 is 9.64 Å². The quantitative estimate of drug-likeness (QED) is 0.930. The molecular formula is C15H14FNO3. The minimum atomic E-state index is -1.18. The Bertz CT molecular complexity index is 643. The van der Waals surface area contributed by atoms with Gasteiger partial charge in [0.2, 0.25) is 0 Å². The van der Waals surface area contributed by atoms with Crippen molar-refractivity contribution in [3.63, 3.8) is 0 Å². The molecule has 0 aliphatic carbocycles. The van der Waals surface area contributed by atoms with E-state index in [2.05, 4.69) is 0 Å². The highest BCUT2D eigenvalue weighted by Crippen LogP contribution is 2.34. The fourth-order valence-electron chi connectivity index (χ4n) is 2.01. The van der Waals surface area contributed by atoms with Crippen LogP contribution in [-0.4, -0.2) is 25.2 Å². The number of rotatable bonds is 4. The van der Waals surface area contributed by atoms with E-state index >= 15 is 0 Å². The standard InChI is InChI=1S/C15H14FNO3/c1-17(13-5-3-4-6-14(13)20-2)12-8-7-10(16)9-11(12)15(18)19/h3-9H,1-2H3,(H,18,19). The lowest BCUT2D eigenvalue weighted by atomic mass is 10.1. The molecule has 0 heterocycles. The molecular weight excluding hydrogens is 261 g/mol. The number of ether oxygens (including phenoxy) is 1. The van der Waals surface area contributed by atoms with Gasteiger partial charge in [-0.3, -0.25) is 0 Å². The van der Waals surface area contributed by atoms with Crippen LogP contribution in [0.2, 0.25) is 0 Å². The van der Waals surface area contributed by atoms with E-state index in [0.717, 1.165) is 6.07 Å². The molecule has 0 aliphatic heterocycles. The Kier molecular flexibility index (Phi) is 3.89. The average Bonchev–Trinajstić information content (AvgIpc) is 2.46. The van der Waals surface area contributed by atoms with Crippen LogP contribution in [0.1, 0.15) is 10.4 Å². The summed E-state index contributed by atoms with van der Waals surface area (Å²) >= 11 is 0. The molecule has 104 valence electrons. The third-order valence-corrected chi connectivity index (χ3v) is 3.00. The zero-order chi connectivity index (χ0) is 14.7. The summed E-state index contributed by atoms with van der Waals surface area (Å²) in [5.41, 5.74) is 0.992. The highest BCUT2D eigenvalue weighted by Gasteiger charge is 2.17. The topological polar surface area (TPSA) is 49.8 Å². The number of hydrogen-bond acceptors (Lipinski definition) is 3. The fourth-order valence-corrected chi connectivity index (χ4v) is 2.01. The highest BCUT2D eigenvalue weighted by molar-refractivity contribution is 5.95. The predicted molar refractivity (Wildman–Crippen MR) is 74.4 cm³/mol. The molecule has 2 rings (SSSR count). The molecule has 0 aromatic heterocycles. The van der Waals surface area contributed by atoms with E-state index < -0.39 is 11.8 Å². The normalized spacial score (nSPS) is 10.2. The van der Waals surface area contributed by atoms with E-state index in [-0.39, 0.29) is 5.56 Å². The van der Waals surface area contributed by atoms with Crippen molar-refractivity contribution >= 4 is 17.3 Å². The van der Waals surface area contributed by atoms with Crippen molar-refractivity contribution in [1.29, 1.82) is 0 Å². The molecule has 0 atom stereocenters. The SMILES string of the molecule is COc1ccccc1N(C)c1ccc(F)cc1C(=O)O. The van der Waals surface area contributed by atoms with E-state index in [0.29, 0.717) is 17.1 Å². The predicted octanol–water partition coefficient (Wildman–Crippen LogP) is 3.30. The fraction of sp³-hybridized carbons (Fsp3) is 0.133. The molecule has 0 radical (unpaired) electrons. The lowest BCUT2D eigenvalue weighted by molar-refractivity contribution is 0.0697. The number of carboxylic acids is 1. The summed E-state index contributed by atoms with van der Waals surface area (Å²) in [7, 11) is 3.24. The maximum absolute atomic E-state index is 13.2. The van der Waals surface area contributed by atoms with Gasteiger partial charge in [0.15, 0.2) is 0 Å². The molecule has 20 heavy (non-hydrogen) atoms. The smallest absolute Gasteiger partial charge is 0.337 e. The van der Waals surface area contributed by atoms with Gasteiger partial charge in [-0.05, 0) is 30.3 Å². The summed E-state index contributed by atoms with van der Waals surface area (Å²) in [6, 6.07) is 10.9. The molecule has 0 unspecified atom stereocenters. The average molecular weight is 275 g/mol. The zero-order valence-electron chi connectivity index (χ0n) is 11.1. The first-order chi connectivity index (χ1) is 9.54. The molecule has 1 N–H and O–H groups in total. The summed E-state index contributed by atoms with van der Waals surface area (Å²) in [6.07, 6.45) is 0. The Hall–Kier alpha value is -2.56. The number of methoxy groups -OCH3 is 1. The first-order valence-electron chi connectivity index (χ1n) is 5.94. The number of benzene rings is 2. The van der Waals surface area contributed by atoms with Crippen LogP contribution in [0.5, 0.6) is 5.75 Å².